The Morgan fingerprint density at radius 3 is 2.31 bits per heavy atom. The summed E-state index contributed by atoms with van der Waals surface area (Å²) in [6.45, 7) is 5.63. The maximum Gasteiger partial charge on any atom is 0.304 e. The third-order valence-corrected chi connectivity index (χ3v) is 7.39. The van der Waals surface area contributed by atoms with Crippen LogP contribution in [0.15, 0.2) is 48.5 Å². The molecule has 1 N–H and O–H groups in total. The van der Waals surface area contributed by atoms with Crippen molar-refractivity contribution in [2.24, 2.45) is 0 Å². The lowest BCUT2D eigenvalue weighted by molar-refractivity contribution is -0.139. The van der Waals surface area contributed by atoms with Gasteiger partial charge < -0.3 is 10.2 Å². The highest BCUT2D eigenvalue weighted by Gasteiger charge is 2.32. The SMILES string of the molecule is CCCCNC(=O)[C@H](C)N(Cc1cccc(C)c1)C(=O)CN(c1ccc(F)cc1)S(=O)(=O)N(C)C. The van der Waals surface area contributed by atoms with Crippen LogP contribution in [-0.2, 0) is 26.3 Å². The van der Waals surface area contributed by atoms with Gasteiger partial charge in [-0.2, -0.15) is 12.7 Å². The summed E-state index contributed by atoms with van der Waals surface area (Å²) in [5.74, 6) is -1.40. The summed E-state index contributed by atoms with van der Waals surface area (Å²) < 4.78 is 41.5. The van der Waals surface area contributed by atoms with Crippen molar-refractivity contribution in [1.29, 1.82) is 0 Å². The molecule has 1 atom stereocenters. The highest BCUT2D eigenvalue weighted by molar-refractivity contribution is 7.90. The molecule has 10 heteroatoms. The first-order chi connectivity index (χ1) is 16.5. The molecular weight excluding hydrogens is 471 g/mol. The molecule has 0 heterocycles. The van der Waals surface area contributed by atoms with Crippen molar-refractivity contribution in [3.63, 3.8) is 0 Å². The Balaban J connectivity index is 2.40. The van der Waals surface area contributed by atoms with Crippen molar-refractivity contribution < 1.29 is 22.4 Å². The molecule has 0 aromatic heterocycles. The van der Waals surface area contributed by atoms with E-state index in [1.54, 1.807) is 6.92 Å². The number of hydrogen-bond acceptors (Lipinski definition) is 4. The van der Waals surface area contributed by atoms with Crippen molar-refractivity contribution in [2.75, 3.05) is 31.5 Å². The Hall–Kier alpha value is -2.98. The molecule has 0 spiro atoms. The highest BCUT2D eigenvalue weighted by atomic mass is 32.2. The number of anilines is 1. The Bertz CT molecular complexity index is 1110. The Morgan fingerprint density at radius 1 is 1.09 bits per heavy atom. The van der Waals surface area contributed by atoms with Gasteiger partial charge in [-0.3, -0.25) is 9.59 Å². The molecule has 0 aliphatic heterocycles. The monoisotopic (exact) mass is 506 g/mol. The number of nitrogens with one attached hydrogen (secondary N) is 1. The van der Waals surface area contributed by atoms with Gasteiger partial charge in [-0.15, -0.1) is 0 Å². The van der Waals surface area contributed by atoms with Gasteiger partial charge in [0, 0.05) is 27.2 Å². The first kappa shape index (κ1) is 28.3. The van der Waals surface area contributed by atoms with Crippen LogP contribution < -0.4 is 9.62 Å². The number of benzene rings is 2. The molecule has 2 rings (SSSR count). The van der Waals surface area contributed by atoms with Crippen LogP contribution in [-0.4, -0.2) is 62.7 Å². The fraction of sp³-hybridized carbons (Fsp3) is 0.440. The zero-order valence-electron chi connectivity index (χ0n) is 21.0. The molecule has 0 radical (unpaired) electrons. The summed E-state index contributed by atoms with van der Waals surface area (Å²) in [4.78, 5) is 27.8. The van der Waals surface area contributed by atoms with Gasteiger partial charge in [0.25, 0.3) is 0 Å². The Labute approximate surface area is 207 Å². The summed E-state index contributed by atoms with van der Waals surface area (Å²) >= 11 is 0. The van der Waals surface area contributed by atoms with Crippen LogP contribution in [0.1, 0.15) is 37.8 Å². The molecule has 0 saturated carbocycles. The fourth-order valence-electron chi connectivity index (χ4n) is 3.45. The molecule has 0 unspecified atom stereocenters. The topological polar surface area (TPSA) is 90.0 Å². The molecule has 0 aliphatic carbocycles. The molecule has 8 nitrogen and oxygen atoms in total. The zero-order valence-corrected chi connectivity index (χ0v) is 21.8. The molecule has 0 fully saturated rings. The number of aryl methyl sites for hydroxylation is 1. The smallest absolute Gasteiger partial charge is 0.304 e. The average Bonchev–Trinajstić information content (AvgIpc) is 2.81. The van der Waals surface area contributed by atoms with Crippen LogP contribution in [0.4, 0.5) is 10.1 Å². The number of amides is 2. The summed E-state index contributed by atoms with van der Waals surface area (Å²) in [5.41, 5.74) is 1.96. The number of hydrogen-bond donors (Lipinski definition) is 1. The quantitative estimate of drug-likeness (QED) is 0.448. The minimum Gasteiger partial charge on any atom is -0.354 e. The lowest BCUT2D eigenvalue weighted by atomic mass is 10.1. The predicted molar refractivity (Wildman–Crippen MR) is 135 cm³/mol. The second kappa shape index (κ2) is 12.6. The Morgan fingerprint density at radius 2 is 1.74 bits per heavy atom. The Kier molecular flexibility index (Phi) is 10.2. The maximum atomic E-state index is 13.6. The molecule has 35 heavy (non-hydrogen) atoms. The molecule has 2 amide bonds. The van der Waals surface area contributed by atoms with E-state index in [0.717, 1.165) is 44.7 Å². The molecule has 0 saturated heterocycles. The normalized spacial score (nSPS) is 12.3. The number of nitrogens with zero attached hydrogens (tertiary/aromatic N) is 3. The van der Waals surface area contributed by atoms with Crippen molar-refractivity contribution in [3.05, 3.63) is 65.5 Å². The van der Waals surface area contributed by atoms with Crippen LogP contribution in [0.25, 0.3) is 0 Å². The molecule has 0 aliphatic rings. The van der Waals surface area contributed by atoms with Gasteiger partial charge in [0.2, 0.25) is 11.8 Å². The van der Waals surface area contributed by atoms with E-state index in [9.17, 15) is 22.4 Å². The lowest BCUT2D eigenvalue weighted by Crippen LogP contribution is -2.52. The first-order valence-electron chi connectivity index (χ1n) is 11.6. The van der Waals surface area contributed by atoms with Crippen LogP contribution in [0.3, 0.4) is 0 Å². The third kappa shape index (κ3) is 7.76. The van der Waals surface area contributed by atoms with E-state index in [-0.39, 0.29) is 18.1 Å². The lowest BCUT2D eigenvalue weighted by Gasteiger charge is -2.33. The van der Waals surface area contributed by atoms with Crippen molar-refractivity contribution in [2.45, 2.75) is 46.2 Å². The maximum absolute atomic E-state index is 13.6. The third-order valence-electron chi connectivity index (χ3n) is 5.57. The molecule has 2 aromatic rings. The van der Waals surface area contributed by atoms with E-state index < -0.39 is 34.5 Å². The number of carbonyl (C=O) groups is 2. The standard InChI is InChI=1S/C25H35FN4O4S/c1-6-7-15-27-25(32)20(3)29(17-21-10-8-9-19(2)16-21)24(31)18-30(35(33,34)28(4)5)23-13-11-22(26)12-14-23/h8-14,16,20H,6-7,15,17-18H2,1-5H3,(H,27,32)/t20-/m0/s1. The van der Waals surface area contributed by atoms with Crippen molar-refractivity contribution >= 4 is 27.7 Å². The van der Waals surface area contributed by atoms with E-state index in [1.807, 2.05) is 38.1 Å². The zero-order chi connectivity index (χ0) is 26.2. The largest absolute Gasteiger partial charge is 0.354 e. The van der Waals surface area contributed by atoms with Gasteiger partial charge in [-0.25, -0.2) is 8.70 Å². The molecule has 2 aromatic carbocycles. The first-order valence-corrected chi connectivity index (χ1v) is 13.0. The van der Waals surface area contributed by atoms with Crippen molar-refractivity contribution in [1.82, 2.24) is 14.5 Å². The number of carbonyl (C=O) groups excluding carboxylic acids is 2. The second-order valence-corrected chi connectivity index (χ2v) is 10.7. The highest BCUT2D eigenvalue weighted by Crippen LogP contribution is 2.21. The summed E-state index contributed by atoms with van der Waals surface area (Å²) in [7, 11) is -1.38. The second-order valence-electron chi connectivity index (χ2n) is 8.60. The van der Waals surface area contributed by atoms with Crippen LogP contribution >= 0.6 is 0 Å². The number of halogens is 1. The van der Waals surface area contributed by atoms with E-state index in [4.69, 9.17) is 0 Å². The minimum absolute atomic E-state index is 0.127. The van der Waals surface area contributed by atoms with Crippen LogP contribution in [0.5, 0.6) is 0 Å². The van der Waals surface area contributed by atoms with Crippen molar-refractivity contribution in [3.8, 4) is 0 Å². The summed E-state index contributed by atoms with van der Waals surface area (Å²) in [6.07, 6.45) is 1.72. The molecule has 0 bridgehead atoms. The van der Waals surface area contributed by atoms with Gasteiger partial charge in [0.15, 0.2) is 0 Å². The summed E-state index contributed by atoms with van der Waals surface area (Å²) in [5, 5.41) is 2.84. The van der Waals surface area contributed by atoms with E-state index >= 15 is 0 Å². The number of unbranched alkanes of at least 4 members (excludes halogenated alkanes) is 1. The predicted octanol–water partition coefficient (Wildman–Crippen LogP) is 3.08. The van der Waals surface area contributed by atoms with Gasteiger partial charge >= 0.3 is 10.2 Å². The minimum atomic E-state index is -4.08. The van der Waals surface area contributed by atoms with Gasteiger partial charge in [-0.05, 0) is 50.1 Å². The summed E-state index contributed by atoms with van der Waals surface area (Å²) in [6, 6.07) is 11.6. The van der Waals surface area contributed by atoms with E-state index in [1.165, 1.54) is 31.1 Å². The van der Waals surface area contributed by atoms with Crippen LogP contribution in [0.2, 0.25) is 0 Å². The van der Waals surface area contributed by atoms with Gasteiger partial charge in [-0.1, -0.05) is 43.2 Å². The van der Waals surface area contributed by atoms with E-state index in [2.05, 4.69) is 5.32 Å². The molecular formula is C25H35FN4O4S. The fourth-order valence-corrected chi connectivity index (χ4v) is 4.51. The van der Waals surface area contributed by atoms with Gasteiger partial charge in [0.05, 0.1) is 5.69 Å². The van der Waals surface area contributed by atoms with E-state index in [0.29, 0.717) is 6.54 Å². The van der Waals surface area contributed by atoms with Gasteiger partial charge in [0.1, 0.15) is 18.4 Å². The number of rotatable bonds is 12. The molecule has 192 valence electrons. The average molecular weight is 507 g/mol. The van der Waals surface area contributed by atoms with Crippen LogP contribution in [0, 0.1) is 12.7 Å².